The van der Waals surface area contributed by atoms with Crippen LogP contribution in [0, 0.1) is 0 Å². The van der Waals surface area contributed by atoms with Crippen molar-refractivity contribution in [2.24, 2.45) is 0 Å². The molecule has 24 heavy (non-hydrogen) atoms. The first-order valence-corrected chi connectivity index (χ1v) is 9.79. The molecule has 12 heteroatoms. The average Bonchev–Trinajstić information content (AvgIpc) is 2.80. The summed E-state index contributed by atoms with van der Waals surface area (Å²) in [5.74, 6) is -2.32. The highest BCUT2D eigenvalue weighted by molar-refractivity contribution is 9.09. The normalized spacial score (nSPS) is 15.2. The van der Waals surface area contributed by atoms with Crippen molar-refractivity contribution in [1.82, 2.24) is 9.73 Å². The predicted octanol–water partition coefficient (Wildman–Crippen LogP) is 0.123. The van der Waals surface area contributed by atoms with Crippen LogP contribution < -0.4 is 0 Å². The minimum absolute atomic E-state index is 0.0394. The number of amides is 2. The van der Waals surface area contributed by atoms with Gasteiger partial charge in [0.1, 0.15) is 5.78 Å². The van der Waals surface area contributed by atoms with Gasteiger partial charge in [0.25, 0.3) is 11.8 Å². The number of carbonyl (C=O) groups excluding carboxylic acids is 4. The Balaban J connectivity index is 2.47. The Bertz CT molecular complexity index is 547. The summed E-state index contributed by atoms with van der Waals surface area (Å²) in [5.41, 5.74) is 0. The number of halogens is 1. The molecule has 1 saturated heterocycles. The summed E-state index contributed by atoms with van der Waals surface area (Å²) in [6, 6.07) is 0. The second kappa shape index (κ2) is 9.38. The zero-order chi connectivity index (χ0) is 18.3. The number of nitrogens with zero attached hydrogens (tertiary/aromatic N) is 2. The minimum Gasteiger partial charge on any atom is -0.330 e. The molecule has 0 aliphatic carbocycles. The molecule has 2 amide bonds. The van der Waals surface area contributed by atoms with Crippen LogP contribution in [0.1, 0.15) is 32.1 Å². The zero-order valence-corrected chi connectivity index (χ0v) is 15.2. The zero-order valence-electron chi connectivity index (χ0n) is 12.7. The van der Waals surface area contributed by atoms with E-state index in [1.54, 1.807) is 0 Å². The molecular weight excluding hydrogens is 411 g/mol. The van der Waals surface area contributed by atoms with E-state index in [1.807, 2.05) is 0 Å². The third-order valence-corrected chi connectivity index (χ3v) is 4.92. The topological polar surface area (TPSA) is 142 Å². The summed E-state index contributed by atoms with van der Waals surface area (Å²) in [4.78, 5) is 68.5. The van der Waals surface area contributed by atoms with Crippen LogP contribution in [0.4, 0.5) is 0 Å². The van der Waals surface area contributed by atoms with Gasteiger partial charge in [0.05, 0.1) is 11.8 Å². The summed E-state index contributed by atoms with van der Waals surface area (Å²) in [6.07, 6.45) is -0.143. The maximum Gasteiger partial charge on any atom is 0.403 e. The Hall–Kier alpha value is -1.13. The maximum atomic E-state index is 11.6. The van der Waals surface area contributed by atoms with Gasteiger partial charge in [-0.1, -0.05) is 15.9 Å². The molecule has 1 fully saturated rings. The Morgan fingerprint density at radius 2 is 1.75 bits per heavy atom. The molecule has 0 radical (unpaired) electrons. The molecule has 0 bridgehead atoms. The minimum atomic E-state index is -4.61. The highest BCUT2D eigenvalue weighted by atomic mass is 79.9. The molecule has 136 valence electrons. The fourth-order valence-electron chi connectivity index (χ4n) is 1.92. The van der Waals surface area contributed by atoms with Gasteiger partial charge in [-0.3, -0.25) is 14.4 Å². The van der Waals surface area contributed by atoms with Crippen LogP contribution in [-0.4, -0.2) is 61.5 Å². The van der Waals surface area contributed by atoms with Crippen molar-refractivity contribution in [1.29, 1.82) is 0 Å². The molecule has 1 rings (SSSR count). The van der Waals surface area contributed by atoms with Gasteiger partial charge in [-0.25, -0.2) is 14.0 Å². The monoisotopic (exact) mass is 428 g/mol. The number of ketones is 1. The second-order valence-electron chi connectivity index (χ2n) is 5.04. The van der Waals surface area contributed by atoms with Crippen molar-refractivity contribution in [3.05, 3.63) is 0 Å². The lowest BCUT2D eigenvalue weighted by atomic mass is 10.2. The smallest absolute Gasteiger partial charge is 0.330 e. The fraction of sp³-hybridized carbons (Fsp3) is 0.667. The van der Waals surface area contributed by atoms with Gasteiger partial charge in [0, 0.05) is 32.4 Å². The largest absolute Gasteiger partial charge is 0.403 e. The molecule has 0 atom stereocenters. The lowest BCUT2D eigenvalue weighted by molar-refractivity contribution is -0.197. The lowest BCUT2D eigenvalue weighted by Gasteiger charge is -2.22. The van der Waals surface area contributed by atoms with Crippen LogP contribution in [0.25, 0.3) is 0 Å². The van der Waals surface area contributed by atoms with E-state index in [-0.39, 0.29) is 49.9 Å². The quantitative estimate of drug-likeness (QED) is 0.281. The van der Waals surface area contributed by atoms with Gasteiger partial charge >= 0.3 is 13.7 Å². The standard InChI is InChI=1S/C12H18BrN2O8P/c13-8-9(16)2-1-6-14(24(20,21)22)7-5-12(19)23-15-10(17)3-4-11(15)18/h1-8H2,(H2,20,21,22). The first-order chi connectivity index (χ1) is 11.1. The van der Waals surface area contributed by atoms with Gasteiger partial charge in [0.15, 0.2) is 0 Å². The van der Waals surface area contributed by atoms with Gasteiger partial charge in [-0.2, -0.15) is 0 Å². The lowest BCUT2D eigenvalue weighted by Crippen LogP contribution is -2.33. The molecule has 0 saturated carbocycles. The average molecular weight is 429 g/mol. The van der Waals surface area contributed by atoms with Crippen LogP contribution in [-0.2, 0) is 28.6 Å². The number of rotatable bonds is 10. The summed E-state index contributed by atoms with van der Waals surface area (Å²) in [5, 5.41) is 0.534. The van der Waals surface area contributed by atoms with Crippen LogP contribution >= 0.6 is 23.7 Å². The number of hydroxylamine groups is 2. The number of alkyl halides is 1. The highest BCUT2D eigenvalue weighted by Gasteiger charge is 2.33. The first kappa shape index (κ1) is 20.9. The molecule has 0 unspecified atom stereocenters. The van der Waals surface area contributed by atoms with Gasteiger partial charge in [-0.05, 0) is 6.42 Å². The third kappa shape index (κ3) is 6.78. The molecular formula is C12H18BrN2O8P. The van der Waals surface area contributed by atoms with Gasteiger partial charge < -0.3 is 14.6 Å². The van der Waals surface area contributed by atoms with E-state index in [1.165, 1.54) is 0 Å². The van der Waals surface area contributed by atoms with Crippen molar-refractivity contribution >= 4 is 47.2 Å². The second-order valence-corrected chi connectivity index (χ2v) is 7.19. The number of imide groups is 1. The molecule has 0 spiro atoms. The Labute approximate surface area is 146 Å². The van der Waals surface area contributed by atoms with E-state index in [2.05, 4.69) is 20.8 Å². The van der Waals surface area contributed by atoms with Crippen molar-refractivity contribution in [2.75, 3.05) is 18.4 Å². The first-order valence-electron chi connectivity index (χ1n) is 7.10. The van der Waals surface area contributed by atoms with Crippen LogP contribution in [0.3, 0.4) is 0 Å². The Kier molecular flexibility index (Phi) is 8.17. The summed E-state index contributed by atoms with van der Waals surface area (Å²) < 4.78 is 12.1. The van der Waals surface area contributed by atoms with Crippen molar-refractivity contribution in [2.45, 2.75) is 32.1 Å². The van der Waals surface area contributed by atoms with Crippen LogP contribution in [0.2, 0.25) is 0 Å². The SMILES string of the molecule is O=C(CBr)CCCN(CCC(=O)ON1C(=O)CCC1=O)P(=O)(O)O. The fourth-order valence-corrected chi connectivity index (χ4v) is 2.97. The van der Waals surface area contributed by atoms with E-state index in [9.17, 15) is 33.5 Å². The molecule has 0 aromatic heterocycles. The molecule has 1 heterocycles. The summed E-state index contributed by atoms with van der Waals surface area (Å²) in [6.45, 7) is -0.417. The summed E-state index contributed by atoms with van der Waals surface area (Å²) in [7, 11) is -4.61. The van der Waals surface area contributed by atoms with E-state index in [4.69, 9.17) is 0 Å². The van der Waals surface area contributed by atoms with Crippen molar-refractivity contribution in [3.8, 4) is 0 Å². The molecule has 0 aromatic rings. The number of hydrogen-bond donors (Lipinski definition) is 2. The van der Waals surface area contributed by atoms with Crippen LogP contribution in [0.5, 0.6) is 0 Å². The number of Topliss-reactive ketones (excluding diaryl/α,β-unsaturated/α-hetero) is 1. The maximum absolute atomic E-state index is 11.6. The van der Waals surface area contributed by atoms with E-state index in [0.29, 0.717) is 5.06 Å². The molecule has 2 N–H and O–H groups in total. The Morgan fingerprint density at radius 1 is 1.17 bits per heavy atom. The molecule has 10 nitrogen and oxygen atoms in total. The molecule has 1 aliphatic heterocycles. The predicted molar refractivity (Wildman–Crippen MR) is 83.4 cm³/mol. The molecule has 1 aliphatic rings. The van der Waals surface area contributed by atoms with Crippen molar-refractivity contribution in [3.63, 3.8) is 0 Å². The number of carbonyl (C=O) groups is 4. The number of hydrogen-bond acceptors (Lipinski definition) is 6. The Morgan fingerprint density at radius 3 is 2.25 bits per heavy atom. The van der Waals surface area contributed by atoms with Crippen LogP contribution in [0.15, 0.2) is 0 Å². The van der Waals surface area contributed by atoms with Gasteiger partial charge in [-0.15, -0.1) is 5.06 Å². The highest BCUT2D eigenvalue weighted by Crippen LogP contribution is 2.40. The van der Waals surface area contributed by atoms with Gasteiger partial charge in [0.2, 0.25) is 0 Å². The van der Waals surface area contributed by atoms with E-state index < -0.39 is 32.0 Å². The summed E-state index contributed by atoms with van der Waals surface area (Å²) >= 11 is 2.98. The van der Waals surface area contributed by atoms with E-state index in [0.717, 1.165) is 4.67 Å². The third-order valence-electron chi connectivity index (χ3n) is 3.16. The van der Waals surface area contributed by atoms with E-state index >= 15 is 0 Å². The molecule has 0 aromatic carbocycles. The van der Waals surface area contributed by atoms with Crippen molar-refractivity contribution < 1.29 is 38.4 Å².